The molecule has 0 saturated carbocycles. The fourth-order valence-corrected chi connectivity index (χ4v) is 0.920. The third-order valence-electron chi connectivity index (χ3n) is 1.51. The van der Waals surface area contributed by atoms with Crippen LogP contribution in [0.2, 0.25) is 0 Å². The molecule has 60 valence electrons. The summed E-state index contributed by atoms with van der Waals surface area (Å²) in [6.45, 7) is 0. The molecule has 0 unspecified atom stereocenters. The summed E-state index contributed by atoms with van der Waals surface area (Å²) in [5.74, 6) is 0.821. The number of hydrogen-bond acceptors (Lipinski definition) is 4. The van der Waals surface area contributed by atoms with E-state index in [2.05, 4.69) is 10.4 Å². The van der Waals surface area contributed by atoms with E-state index in [4.69, 9.17) is 9.63 Å². The molecule has 0 saturated heterocycles. The van der Waals surface area contributed by atoms with Gasteiger partial charge in [-0.3, -0.25) is 0 Å². The molecular formula is C8H6N2O2. The number of phenols is 1. The maximum Gasteiger partial charge on any atom is 0.187 e. The number of aromatic hydroxyl groups is 1. The molecule has 1 N–H and O–H groups in total. The molecule has 0 fully saturated rings. The average molecular weight is 162 g/mol. The van der Waals surface area contributed by atoms with Gasteiger partial charge in [0.1, 0.15) is 5.75 Å². The van der Waals surface area contributed by atoms with E-state index in [-0.39, 0.29) is 5.75 Å². The maximum absolute atomic E-state index is 8.99. The third kappa shape index (κ3) is 1.14. The number of hydrogen-bond donors (Lipinski definition) is 1. The standard InChI is InChI=1S/C8H6N2O2/c11-7-3-1-6(2-4-7)8-5-9-10-12-8/h1-5,11H. The van der Waals surface area contributed by atoms with Crippen molar-refractivity contribution in [1.82, 2.24) is 10.4 Å². The number of phenolic OH excluding ortho intramolecular Hbond substituents is 1. The lowest BCUT2D eigenvalue weighted by atomic mass is 10.2. The highest BCUT2D eigenvalue weighted by atomic mass is 16.5. The van der Waals surface area contributed by atoms with Gasteiger partial charge in [-0.25, -0.2) is 0 Å². The zero-order chi connectivity index (χ0) is 8.39. The van der Waals surface area contributed by atoms with Gasteiger partial charge in [0.2, 0.25) is 0 Å². The van der Waals surface area contributed by atoms with Crippen molar-refractivity contribution in [2.24, 2.45) is 0 Å². The van der Waals surface area contributed by atoms with Crippen LogP contribution in [-0.4, -0.2) is 15.5 Å². The Balaban J connectivity index is 2.43. The minimum Gasteiger partial charge on any atom is -0.508 e. The first-order valence-electron chi connectivity index (χ1n) is 3.43. The molecule has 0 radical (unpaired) electrons. The van der Waals surface area contributed by atoms with Gasteiger partial charge in [-0.2, -0.15) is 0 Å². The van der Waals surface area contributed by atoms with Gasteiger partial charge in [0.15, 0.2) is 5.76 Å². The fourth-order valence-electron chi connectivity index (χ4n) is 0.920. The summed E-state index contributed by atoms with van der Waals surface area (Å²) < 4.78 is 4.82. The van der Waals surface area contributed by atoms with Crippen molar-refractivity contribution in [3.8, 4) is 17.1 Å². The van der Waals surface area contributed by atoms with Crippen molar-refractivity contribution in [3.63, 3.8) is 0 Å². The lowest BCUT2D eigenvalue weighted by molar-refractivity contribution is 0.403. The van der Waals surface area contributed by atoms with Crippen molar-refractivity contribution in [1.29, 1.82) is 0 Å². The number of benzene rings is 1. The van der Waals surface area contributed by atoms with Crippen LogP contribution in [0.1, 0.15) is 0 Å². The van der Waals surface area contributed by atoms with E-state index in [1.165, 1.54) is 6.20 Å². The quantitative estimate of drug-likeness (QED) is 0.689. The van der Waals surface area contributed by atoms with Crippen LogP contribution in [0.4, 0.5) is 0 Å². The van der Waals surface area contributed by atoms with E-state index >= 15 is 0 Å². The Morgan fingerprint density at radius 3 is 2.50 bits per heavy atom. The van der Waals surface area contributed by atoms with Crippen LogP contribution in [0, 0.1) is 0 Å². The highest BCUT2D eigenvalue weighted by molar-refractivity contribution is 5.56. The van der Waals surface area contributed by atoms with Crippen LogP contribution in [-0.2, 0) is 0 Å². The van der Waals surface area contributed by atoms with Crippen LogP contribution in [0.25, 0.3) is 11.3 Å². The molecule has 0 bridgehead atoms. The largest absolute Gasteiger partial charge is 0.508 e. The molecule has 2 rings (SSSR count). The first-order valence-corrected chi connectivity index (χ1v) is 3.43. The Bertz CT molecular complexity index is 353. The van der Waals surface area contributed by atoms with E-state index in [1.54, 1.807) is 24.3 Å². The molecule has 1 heterocycles. The van der Waals surface area contributed by atoms with Crippen LogP contribution < -0.4 is 0 Å². The second-order valence-electron chi connectivity index (χ2n) is 2.33. The van der Waals surface area contributed by atoms with Gasteiger partial charge < -0.3 is 9.63 Å². The summed E-state index contributed by atoms with van der Waals surface area (Å²) in [6.07, 6.45) is 1.52. The molecule has 0 aliphatic heterocycles. The fraction of sp³-hybridized carbons (Fsp3) is 0. The van der Waals surface area contributed by atoms with Crippen LogP contribution >= 0.6 is 0 Å². The lowest BCUT2D eigenvalue weighted by Crippen LogP contribution is -1.71. The van der Waals surface area contributed by atoms with Gasteiger partial charge >= 0.3 is 0 Å². The van der Waals surface area contributed by atoms with Gasteiger partial charge in [0, 0.05) is 10.8 Å². The minimum atomic E-state index is 0.228. The number of rotatable bonds is 1. The molecule has 0 spiro atoms. The summed E-state index contributed by atoms with van der Waals surface area (Å²) in [5, 5.41) is 15.9. The zero-order valence-corrected chi connectivity index (χ0v) is 6.14. The smallest absolute Gasteiger partial charge is 0.187 e. The van der Waals surface area contributed by atoms with E-state index in [1.807, 2.05) is 0 Å². The normalized spacial score (nSPS) is 10.0. The monoisotopic (exact) mass is 162 g/mol. The summed E-state index contributed by atoms with van der Waals surface area (Å²) in [7, 11) is 0. The van der Waals surface area contributed by atoms with E-state index in [0.717, 1.165) is 5.56 Å². The Hall–Kier alpha value is -1.84. The van der Waals surface area contributed by atoms with E-state index < -0.39 is 0 Å². The Kier molecular flexibility index (Phi) is 1.51. The summed E-state index contributed by atoms with van der Waals surface area (Å²) >= 11 is 0. The lowest BCUT2D eigenvalue weighted by Gasteiger charge is -1.93. The van der Waals surface area contributed by atoms with Gasteiger partial charge in [-0.05, 0) is 24.3 Å². The molecule has 1 aromatic heterocycles. The highest BCUT2D eigenvalue weighted by Gasteiger charge is 2.00. The second-order valence-corrected chi connectivity index (χ2v) is 2.33. The molecule has 1 aromatic carbocycles. The molecule has 0 amide bonds. The van der Waals surface area contributed by atoms with E-state index in [9.17, 15) is 0 Å². The SMILES string of the molecule is Oc1ccc(-c2cnno2)cc1. The van der Waals surface area contributed by atoms with Gasteiger partial charge in [0.05, 0.1) is 6.20 Å². The molecule has 0 aliphatic rings. The maximum atomic E-state index is 8.99. The predicted molar refractivity (Wildman–Crippen MR) is 41.4 cm³/mol. The van der Waals surface area contributed by atoms with Gasteiger partial charge in [-0.1, -0.05) is 0 Å². The minimum absolute atomic E-state index is 0.228. The Morgan fingerprint density at radius 2 is 1.92 bits per heavy atom. The van der Waals surface area contributed by atoms with Crippen LogP contribution in [0.5, 0.6) is 5.75 Å². The highest BCUT2D eigenvalue weighted by Crippen LogP contribution is 2.19. The number of aromatic nitrogens is 2. The van der Waals surface area contributed by atoms with Gasteiger partial charge in [-0.15, -0.1) is 5.10 Å². The third-order valence-corrected chi connectivity index (χ3v) is 1.51. The molecule has 2 aromatic rings. The Labute approximate surface area is 68.4 Å². The van der Waals surface area contributed by atoms with Gasteiger partial charge in [0.25, 0.3) is 0 Å². The molecular weight excluding hydrogens is 156 g/mol. The average Bonchev–Trinajstić information content (AvgIpc) is 2.58. The molecule has 0 aliphatic carbocycles. The van der Waals surface area contributed by atoms with Crippen molar-refractivity contribution in [2.75, 3.05) is 0 Å². The number of nitrogens with zero attached hydrogens (tertiary/aromatic N) is 2. The molecule has 0 atom stereocenters. The second kappa shape index (κ2) is 2.65. The predicted octanol–water partition coefficient (Wildman–Crippen LogP) is 1.44. The molecule has 4 nitrogen and oxygen atoms in total. The topological polar surface area (TPSA) is 59.2 Å². The van der Waals surface area contributed by atoms with Crippen molar-refractivity contribution >= 4 is 0 Å². The summed E-state index contributed by atoms with van der Waals surface area (Å²) in [6, 6.07) is 6.63. The summed E-state index contributed by atoms with van der Waals surface area (Å²) in [5.41, 5.74) is 0.845. The zero-order valence-electron chi connectivity index (χ0n) is 6.14. The van der Waals surface area contributed by atoms with Crippen molar-refractivity contribution in [2.45, 2.75) is 0 Å². The van der Waals surface area contributed by atoms with E-state index in [0.29, 0.717) is 5.76 Å². The van der Waals surface area contributed by atoms with Crippen molar-refractivity contribution in [3.05, 3.63) is 30.5 Å². The molecule has 12 heavy (non-hydrogen) atoms. The Morgan fingerprint density at radius 1 is 1.17 bits per heavy atom. The van der Waals surface area contributed by atoms with Crippen LogP contribution in [0.15, 0.2) is 35.0 Å². The van der Waals surface area contributed by atoms with Crippen molar-refractivity contribution < 1.29 is 9.63 Å². The first kappa shape index (κ1) is 6.84. The molecule has 4 heteroatoms. The van der Waals surface area contributed by atoms with Crippen LogP contribution in [0.3, 0.4) is 0 Å². The summed E-state index contributed by atoms with van der Waals surface area (Å²) in [4.78, 5) is 0. The first-order chi connectivity index (χ1) is 5.86.